The number of halogens is 1. The first kappa shape index (κ1) is 9.22. The van der Waals surface area contributed by atoms with Crippen LogP contribution in [0.5, 0.6) is 0 Å². The molecule has 1 atom stereocenters. The lowest BCUT2D eigenvalue weighted by Crippen LogP contribution is -1.97. The fraction of sp³-hybridized carbons (Fsp3) is 0.417. The van der Waals surface area contributed by atoms with E-state index in [4.69, 9.17) is 11.6 Å². The van der Waals surface area contributed by atoms with E-state index in [0.29, 0.717) is 5.92 Å². The number of fused-ring (bicyclic) bond motifs is 3. The second-order valence-electron chi connectivity index (χ2n) is 4.14. The van der Waals surface area contributed by atoms with Gasteiger partial charge in [0.25, 0.3) is 0 Å². The van der Waals surface area contributed by atoms with Crippen molar-refractivity contribution >= 4 is 17.2 Å². The van der Waals surface area contributed by atoms with Crippen LogP contribution in [0, 0.1) is 0 Å². The molecule has 1 unspecified atom stereocenters. The molecule has 0 spiro atoms. The number of nitrogens with zero attached hydrogens (tertiary/aromatic N) is 2. The van der Waals surface area contributed by atoms with Crippen molar-refractivity contribution in [3.63, 3.8) is 0 Å². The minimum absolute atomic E-state index is 0.661. The van der Waals surface area contributed by atoms with E-state index in [1.54, 1.807) is 0 Å². The molecular formula is C12H13ClN2. The molecule has 1 aliphatic rings. The van der Waals surface area contributed by atoms with Crippen LogP contribution in [0.3, 0.4) is 0 Å². The first-order valence-corrected chi connectivity index (χ1v) is 5.84. The first-order valence-electron chi connectivity index (χ1n) is 5.46. The third kappa shape index (κ3) is 1.21. The largest absolute Gasteiger partial charge is 0.302 e. The van der Waals surface area contributed by atoms with E-state index in [0.717, 1.165) is 17.1 Å². The highest BCUT2D eigenvalue weighted by Gasteiger charge is 2.26. The molecule has 2 heterocycles. The van der Waals surface area contributed by atoms with E-state index in [-0.39, 0.29) is 0 Å². The van der Waals surface area contributed by atoms with Crippen LogP contribution >= 0.6 is 11.6 Å². The van der Waals surface area contributed by atoms with Crippen LogP contribution < -0.4 is 0 Å². The Morgan fingerprint density at radius 2 is 2.47 bits per heavy atom. The summed E-state index contributed by atoms with van der Waals surface area (Å²) in [6, 6.07) is 3.89. The summed E-state index contributed by atoms with van der Waals surface area (Å²) >= 11 is 6.13. The van der Waals surface area contributed by atoms with Gasteiger partial charge in [0.05, 0.1) is 10.7 Å². The van der Waals surface area contributed by atoms with Crippen molar-refractivity contribution in [3.8, 4) is 0 Å². The lowest BCUT2D eigenvalue weighted by atomic mass is 10.0. The summed E-state index contributed by atoms with van der Waals surface area (Å²) in [6.45, 7) is 2.24. The highest BCUT2D eigenvalue weighted by molar-refractivity contribution is 6.33. The summed E-state index contributed by atoms with van der Waals surface area (Å²) < 4.78 is 2.17. The van der Waals surface area contributed by atoms with Crippen LogP contribution in [-0.2, 0) is 6.42 Å². The molecule has 2 aromatic heterocycles. The van der Waals surface area contributed by atoms with Gasteiger partial charge in [-0.15, -0.1) is 0 Å². The van der Waals surface area contributed by atoms with Crippen LogP contribution in [0.15, 0.2) is 18.3 Å². The fourth-order valence-corrected chi connectivity index (χ4v) is 2.77. The molecule has 0 aromatic carbocycles. The molecule has 78 valence electrons. The van der Waals surface area contributed by atoms with Gasteiger partial charge in [-0.3, -0.25) is 0 Å². The second-order valence-corrected chi connectivity index (χ2v) is 4.54. The average molecular weight is 221 g/mol. The normalized spacial score (nSPS) is 19.7. The van der Waals surface area contributed by atoms with E-state index in [2.05, 4.69) is 22.5 Å². The Bertz CT molecular complexity index is 516. The SMILES string of the molecule is CCC1CCc2nc3c(Cl)cccn3c21. The van der Waals surface area contributed by atoms with Gasteiger partial charge in [-0.25, -0.2) is 4.98 Å². The molecule has 0 bridgehead atoms. The van der Waals surface area contributed by atoms with Crippen LogP contribution in [0.4, 0.5) is 0 Å². The molecule has 3 heteroatoms. The topological polar surface area (TPSA) is 17.3 Å². The molecule has 0 saturated heterocycles. The molecule has 0 saturated carbocycles. The molecule has 0 aliphatic heterocycles. The summed E-state index contributed by atoms with van der Waals surface area (Å²) in [6.07, 6.45) is 5.60. The molecule has 0 N–H and O–H groups in total. The lowest BCUT2D eigenvalue weighted by molar-refractivity contribution is 0.634. The first-order chi connectivity index (χ1) is 7.31. The lowest BCUT2D eigenvalue weighted by Gasteiger charge is -2.08. The van der Waals surface area contributed by atoms with Crippen molar-refractivity contribution in [2.45, 2.75) is 32.1 Å². The molecule has 0 amide bonds. The zero-order valence-corrected chi connectivity index (χ0v) is 9.46. The maximum absolute atomic E-state index is 6.13. The van der Waals surface area contributed by atoms with Gasteiger partial charge in [0.2, 0.25) is 0 Å². The standard InChI is InChI=1S/C12H13ClN2/c1-2-8-5-6-10-11(8)15-7-3-4-9(13)12(15)14-10/h3-4,7-8H,2,5-6H2,1H3. The number of aromatic nitrogens is 2. The highest BCUT2D eigenvalue weighted by atomic mass is 35.5. The molecule has 3 rings (SSSR count). The molecular weight excluding hydrogens is 208 g/mol. The third-order valence-corrected chi connectivity index (χ3v) is 3.62. The Morgan fingerprint density at radius 1 is 1.60 bits per heavy atom. The molecule has 2 nitrogen and oxygen atoms in total. The van der Waals surface area contributed by atoms with E-state index in [9.17, 15) is 0 Å². The van der Waals surface area contributed by atoms with E-state index >= 15 is 0 Å². The Hall–Kier alpha value is -1.02. The van der Waals surface area contributed by atoms with Crippen molar-refractivity contribution in [2.75, 3.05) is 0 Å². The summed E-state index contributed by atoms with van der Waals surface area (Å²) in [5.74, 6) is 0.661. The number of aryl methyl sites for hydroxylation is 1. The molecule has 15 heavy (non-hydrogen) atoms. The van der Waals surface area contributed by atoms with Crippen molar-refractivity contribution in [3.05, 3.63) is 34.7 Å². The molecule has 0 fully saturated rings. The highest BCUT2D eigenvalue weighted by Crippen LogP contribution is 2.36. The van der Waals surface area contributed by atoms with Crippen molar-refractivity contribution < 1.29 is 0 Å². The number of rotatable bonds is 1. The predicted octanol–water partition coefficient (Wildman–Crippen LogP) is 3.43. The van der Waals surface area contributed by atoms with Gasteiger partial charge in [0.15, 0.2) is 5.65 Å². The Labute approximate surface area is 93.9 Å². The van der Waals surface area contributed by atoms with E-state index < -0.39 is 0 Å². The third-order valence-electron chi connectivity index (χ3n) is 3.32. The Balaban J connectivity index is 2.32. The maximum Gasteiger partial charge on any atom is 0.156 e. The smallest absolute Gasteiger partial charge is 0.156 e. The zero-order valence-electron chi connectivity index (χ0n) is 8.70. The Morgan fingerprint density at radius 3 is 3.27 bits per heavy atom. The van der Waals surface area contributed by atoms with E-state index in [1.807, 2.05) is 12.1 Å². The van der Waals surface area contributed by atoms with Crippen LogP contribution in [0.2, 0.25) is 5.02 Å². The van der Waals surface area contributed by atoms with Crippen molar-refractivity contribution in [2.24, 2.45) is 0 Å². The zero-order chi connectivity index (χ0) is 10.4. The molecule has 1 aliphatic carbocycles. The minimum atomic E-state index is 0.661. The monoisotopic (exact) mass is 220 g/mol. The number of hydrogen-bond donors (Lipinski definition) is 0. The van der Waals surface area contributed by atoms with Gasteiger partial charge in [-0.1, -0.05) is 18.5 Å². The second kappa shape index (κ2) is 3.24. The van der Waals surface area contributed by atoms with Gasteiger partial charge >= 0.3 is 0 Å². The number of imidazole rings is 1. The van der Waals surface area contributed by atoms with Gasteiger partial charge < -0.3 is 4.40 Å². The number of pyridine rings is 1. The average Bonchev–Trinajstić information content (AvgIpc) is 2.77. The van der Waals surface area contributed by atoms with Crippen molar-refractivity contribution in [1.29, 1.82) is 0 Å². The predicted molar refractivity (Wildman–Crippen MR) is 61.6 cm³/mol. The molecule has 0 radical (unpaired) electrons. The van der Waals surface area contributed by atoms with Gasteiger partial charge in [-0.05, 0) is 31.4 Å². The van der Waals surface area contributed by atoms with Crippen molar-refractivity contribution in [1.82, 2.24) is 9.38 Å². The van der Waals surface area contributed by atoms with Crippen LogP contribution in [0.25, 0.3) is 5.65 Å². The Kier molecular flexibility index (Phi) is 1.99. The fourth-order valence-electron chi connectivity index (χ4n) is 2.56. The molecule has 2 aromatic rings. The maximum atomic E-state index is 6.13. The summed E-state index contributed by atoms with van der Waals surface area (Å²) in [7, 11) is 0. The van der Waals surface area contributed by atoms with Crippen LogP contribution in [-0.4, -0.2) is 9.38 Å². The minimum Gasteiger partial charge on any atom is -0.302 e. The van der Waals surface area contributed by atoms with E-state index in [1.165, 1.54) is 24.2 Å². The summed E-state index contributed by atoms with van der Waals surface area (Å²) in [5, 5.41) is 0.752. The quantitative estimate of drug-likeness (QED) is 0.720. The number of hydrogen-bond acceptors (Lipinski definition) is 1. The summed E-state index contributed by atoms with van der Waals surface area (Å²) in [4.78, 5) is 4.62. The van der Waals surface area contributed by atoms with Gasteiger partial charge in [-0.2, -0.15) is 0 Å². The summed E-state index contributed by atoms with van der Waals surface area (Å²) in [5.41, 5.74) is 3.55. The van der Waals surface area contributed by atoms with Gasteiger partial charge in [0.1, 0.15) is 0 Å². The van der Waals surface area contributed by atoms with Crippen LogP contribution in [0.1, 0.15) is 37.1 Å². The van der Waals surface area contributed by atoms with Gasteiger partial charge in [0, 0.05) is 17.8 Å².